The number of piperazine rings is 1. The van der Waals surface area contributed by atoms with Crippen molar-refractivity contribution in [3.63, 3.8) is 0 Å². The number of pyridine rings is 1. The van der Waals surface area contributed by atoms with Gasteiger partial charge >= 0.3 is 0 Å². The normalized spacial score (nSPS) is 15.1. The van der Waals surface area contributed by atoms with Crippen LogP contribution in [0.2, 0.25) is 0 Å². The fraction of sp³-hybridized carbons (Fsp3) is 0.300. The standard InChI is InChI=1S/C20H22N6O/c1-16-2-4-17(5-3-16)13-24-8-10-25(11-9-24)20(27)18-6-7-19(21-12-18)26-14-22-23-15-26/h2-7,12,14-15H,8-11,13H2,1H3. The summed E-state index contributed by atoms with van der Waals surface area (Å²) in [4.78, 5) is 21.4. The maximum atomic E-state index is 12.7. The van der Waals surface area contributed by atoms with E-state index in [9.17, 15) is 4.79 Å². The highest BCUT2D eigenvalue weighted by molar-refractivity contribution is 5.94. The number of hydrogen-bond donors (Lipinski definition) is 0. The molecule has 0 aliphatic carbocycles. The molecule has 3 aromatic rings. The molecule has 7 heteroatoms. The van der Waals surface area contributed by atoms with Crippen LogP contribution in [-0.2, 0) is 6.54 Å². The second kappa shape index (κ2) is 7.67. The highest BCUT2D eigenvalue weighted by Gasteiger charge is 2.22. The second-order valence-electron chi connectivity index (χ2n) is 6.83. The molecule has 0 unspecified atom stereocenters. The average Bonchev–Trinajstić information content (AvgIpc) is 3.25. The van der Waals surface area contributed by atoms with Crippen LogP contribution in [0.15, 0.2) is 55.2 Å². The topological polar surface area (TPSA) is 67.2 Å². The van der Waals surface area contributed by atoms with Crippen molar-refractivity contribution in [2.24, 2.45) is 0 Å². The highest BCUT2D eigenvalue weighted by atomic mass is 16.2. The van der Waals surface area contributed by atoms with Crippen molar-refractivity contribution in [1.82, 2.24) is 29.5 Å². The lowest BCUT2D eigenvalue weighted by molar-refractivity contribution is 0.0628. The first-order chi connectivity index (χ1) is 13.2. The molecule has 1 fully saturated rings. The smallest absolute Gasteiger partial charge is 0.255 e. The van der Waals surface area contributed by atoms with E-state index >= 15 is 0 Å². The Bertz CT molecular complexity index is 881. The Morgan fingerprint density at radius 3 is 2.30 bits per heavy atom. The number of aryl methyl sites for hydroxylation is 1. The summed E-state index contributed by atoms with van der Waals surface area (Å²) in [5, 5.41) is 7.53. The molecule has 0 spiro atoms. The molecule has 7 nitrogen and oxygen atoms in total. The van der Waals surface area contributed by atoms with Crippen LogP contribution in [0.3, 0.4) is 0 Å². The molecular formula is C20H22N6O. The number of rotatable bonds is 4. The molecule has 3 heterocycles. The average molecular weight is 362 g/mol. The van der Waals surface area contributed by atoms with E-state index in [0.717, 1.165) is 32.7 Å². The summed E-state index contributed by atoms with van der Waals surface area (Å²) in [6.45, 7) is 6.26. The number of amides is 1. The van der Waals surface area contributed by atoms with Crippen molar-refractivity contribution in [3.05, 3.63) is 71.9 Å². The van der Waals surface area contributed by atoms with Crippen molar-refractivity contribution < 1.29 is 4.79 Å². The minimum Gasteiger partial charge on any atom is -0.336 e. The van der Waals surface area contributed by atoms with Gasteiger partial charge in [0.2, 0.25) is 0 Å². The number of nitrogens with zero attached hydrogens (tertiary/aromatic N) is 6. The van der Waals surface area contributed by atoms with E-state index in [4.69, 9.17) is 0 Å². The van der Waals surface area contributed by atoms with E-state index in [1.807, 2.05) is 17.0 Å². The summed E-state index contributed by atoms with van der Waals surface area (Å²) in [7, 11) is 0. The summed E-state index contributed by atoms with van der Waals surface area (Å²) in [6.07, 6.45) is 4.78. The molecule has 1 aromatic carbocycles. The molecule has 0 bridgehead atoms. The van der Waals surface area contributed by atoms with E-state index < -0.39 is 0 Å². The lowest BCUT2D eigenvalue weighted by Crippen LogP contribution is -2.48. The number of aromatic nitrogens is 4. The van der Waals surface area contributed by atoms with Crippen LogP contribution in [0.1, 0.15) is 21.5 Å². The second-order valence-corrected chi connectivity index (χ2v) is 6.83. The summed E-state index contributed by atoms with van der Waals surface area (Å²) in [5.41, 5.74) is 3.20. The number of hydrogen-bond acceptors (Lipinski definition) is 5. The quantitative estimate of drug-likeness (QED) is 0.709. The van der Waals surface area contributed by atoms with Gasteiger partial charge < -0.3 is 4.90 Å². The molecule has 0 radical (unpaired) electrons. The van der Waals surface area contributed by atoms with Gasteiger partial charge in [-0.05, 0) is 24.6 Å². The molecule has 1 aliphatic heterocycles. The highest BCUT2D eigenvalue weighted by Crippen LogP contribution is 2.13. The Labute approximate surface area is 158 Å². The first-order valence-electron chi connectivity index (χ1n) is 9.07. The van der Waals surface area contributed by atoms with Crippen molar-refractivity contribution in [1.29, 1.82) is 0 Å². The monoisotopic (exact) mass is 362 g/mol. The van der Waals surface area contributed by atoms with Gasteiger partial charge in [-0.2, -0.15) is 0 Å². The third-order valence-electron chi connectivity index (χ3n) is 4.86. The summed E-state index contributed by atoms with van der Waals surface area (Å²) >= 11 is 0. The van der Waals surface area contributed by atoms with Crippen molar-refractivity contribution >= 4 is 5.91 Å². The van der Waals surface area contributed by atoms with Gasteiger partial charge in [-0.25, -0.2) is 4.98 Å². The van der Waals surface area contributed by atoms with Crippen LogP contribution in [0, 0.1) is 6.92 Å². The maximum absolute atomic E-state index is 12.7. The molecule has 0 saturated carbocycles. The largest absolute Gasteiger partial charge is 0.336 e. The minimum atomic E-state index is 0.0350. The summed E-state index contributed by atoms with van der Waals surface area (Å²) < 4.78 is 1.71. The first-order valence-corrected chi connectivity index (χ1v) is 9.07. The number of carbonyl (C=O) groups is 1. The number of benzene rings is 1. The third kappa shape index (κ3) is 4.03. The van der Waals surface area contributed by atoms with Gasteiger partial charge in [0.25, 0.3) is 5.91 Å². The first kappa shape index (κ1) is 17.4. The molecule has 27 heavy (non-hydrogen) atoms. The molecule has 1 aliphatic rings. The van der Waals surface area contributed by atoms with E-state index in [2.05, 4.69) is 51.3 Å². The van der Waals surface area contributed by atoms with E-state index in [1.54, 1.807) is 23.4 Å². The zero-order valence-electron chi connectivity index (χ0n) is 15.3. The Balaban J connectivity index is 1.33. The van der Waals surface area contributed by atoms with Crippen LogP contribution in [0.4, 0.5) is 0 Å². The van der Waals surface area contributed by atoms with Crippen LogP contribution >= 0.6 is 0 Å². The summed E-state index contributed by atoms with van der Waals surface area (Å²) in [5.74, 6) is 0.729. The molecule has 0 N–H and O–H groups in total. The predicted molar refractivity (Wildman–Crippen MR) is 102 cm³/mol. The number of carbonyl (C=O) groups excluding carboxylic acids is 1. The fourth-order valence-corrected chi connectivity index (χ4v) is 3.23. The summed E-state index contributed by atoms with van der Waals surface area (Å²) in [6, 6.07) is 12.3. The Kier molecular flexibility index (Phi) is 4.93. The van der Waals surface area contributed by atoms with Crippen molar-refractivity contribution in [2.75, 3.05) is 26.2 Å². The van der Waals surface area contributed by atoms with E-state index in [-0.39, 0.29) is 5.91 Å². The van der Waals surface area contributed by atoms with Gasteiger partial charge in [-0.15, -0.1) is 10.2 Å². The Hall–Kier alpha value is -3.06. The molecule has 2 aromatic heterocycles. The third-order valence-corrected chi connectivity index (χ3v) is 4.86. The molecule has 138 valence electrons. The van der Waals surface area contributed by atoms with E-state index in [0.29, 0.717) is 11.4 Å². The van der Waals surface area contributed by atoms with Crippen LogP contribution in [-0.4, -0.2) is 61.6 Å². The maximum Gasteiger partial charge on any atom is 0.255 e. The molecular weight excluding hydrogens is 340 g/mol. The van der Waals surface area contributed by atoms with E-state index in [1.165, 1.54) is 11.1 Å². The van der Waals surface area contributed by atoms with Gasteiger partial charge in [0.05, 0.1) is 5.56 Å². The van der Waals surface area contributed by atoms with Crippen LogP contribution < -0.4 is 0 Å². The van der Waals surface area contributed by atoms with Crippen LogP contribution in [0.25, 0.3) is 5.82 Å². The SMILES string of the molecule is Cc1ccc(CN2CCN(C(=O)c3ccc(-n4cnnc4)nc3)CC2)cc1. The van der Waals surface area contributed by atoms with Gasteiger partial charge in [-0.3, -0.25) is 14.3 Å². The Morgan fingerprint density at radius 2 is 1.67 bits per heavy atom. The van der Waals surface area contributed by atoms with Gasteiger partial charge in [0, 0.05) is 38.9 Å². The lowest BCUT2D eigenvalue weighted by Gasteiger charge is -2.34. The van der Waals surface area contributed by atoms with Gasteiger partial charge in [-0.1, -0.05) is 29.8 Å². The molecule has 4 rings (SSSR count). The zero-order valence-corrected chi connectivity index (χ0v) is 15.3. The lowest BCUT2D eigenvalue weighted by atomic mass is 10.1. The van der Waals surface area contributed by atoms with Crippen LogP contribution in [0.5, 0.6) is 0 Å². The van der Waals surface area contributed by atoms with Gasteiger partial charge in [0.1, 0.15) is 18.5 Å². The zero-order chi connectivity index (χ0) is 18.6. The van der Waals surface area contributed by atoms with Crippen molar-refractivity contribution in [3.8, 4) is 5.82 Å². The molecule has 1 saturated heterocycles. The van der Waals surface area contributed by atoms with Gasteiger partial charge in [0.15, 0.2) is 0 Å². The molecule has 0 atom stereocenters. The Morgan fingerprint density at radius 1 is 0.963 bits per heavy atom. The fourth-order valence-electron chi connectivity index (χ4n) is 3.23. The minimum absolute atomic E-state index is 0.0350. The van der Waals surface area contributed by atoms with Crippen molar-refractivity contribution in [2.45, 2.75) is 13.5 Å². The predicted octanol–water partition coefficient (Wildman–Crippen LogP) is 1.93. The molecule has 1 amide bonds.